The number of rotatable bonds is 6. The molecule has 0 spiro atoms. The molecule has 2 rings (SSSR count). The number of carbonyl (C=O) groups is 1. The van der Waals surface area contributed by atoms with Crippen molar-refractivity contribution in [2.45, 2.75) is 29.9 Å². The molecule has 0 bridgehead atoms. The van der Waals surface area contributed by atoms with Gasteiger partial charge in [0.2, 0.25) is 11.0 Å². The van der Waals surface area contributed by atoms with E-state index < -0.39 is 0 Å². The highest BCUT2D eigenvalue weighted by atomic mass is 32.2. The van der Waals surface area contributed by atoms with Crippen molar-refractivity contribution >= 4 is 39.8 Å². The van der Waals surface area contributed by atoms with Crippen LogP contribution in [0, 0.1) is 18.3 Å². The van der Waals surface area contributed by atoms with E-state index in [9.17, 15) is 4.79 Å². The molecular weight excluding hydrogens is 330 g/mol. The molecule has 0 saturated carbocycles. The summed E-state index contributed by atoms with van der Waals surface area (Å²) in [6.07, 6.45) is 0.281. The SMILES string of the molecule is Cc1ccc(N(CCC#N)C(=O)C(C)Sc2nnc(N)s2)cc1. The third-order valence-electron chi connectivity index (χ3n) is 3.11. The van der Waals surface area contributed by atoms with Gasteiger partial charge in [0.1, 0.15) is 0 Å². The molecule has 23 heavy (non-hydrogen) atoms. The first-order valence-corrected chi connectivity index (χ1v) is 8.71. The molecule has 1 amide bonds. The Balaban J connectivity index is 2.15. The van der Waals surface area contributed by atoms with E-state index in [0.717, 1.165) is 11.3 Å². The average molecular weight is 347 g/mol. The van der Waals surface area contributed by atoms with Crippen molar-refractivity contribution in [2.75, 3.05) is 17.2 Å². The lowest BCUT2D eigenvalue weighted by molar-refractivity contribution is -0.117. The summed E-state index contributed by atoms with van der Waals surface area (Å²) in [7, 11) is 0. The number of hydrogen-bond acceptors (Lipinski definition) is 7. The Morgan fingerprint density at radius 3 is 2.70 bits per heavy atom. The van der Waals surface area contributed by atoms with Crippen LogP contribution in [0.1, 0.15) is 18.9 Å². The molecule has 0 radical (unpaired) electrons. The highest BCUT2D eigenvalue weighted by Crippen LogP contribution is 2.29. The van der Waals surface area contributed by atoms with Gasteiger partial charge in [0.25, 0.3) is 0 Å². The molecule has 1 aromatic heterocycles. The number of nitrogens with zero attached hydrogens (tertiary/aromatic N) is 4. The first-order valence-electron chi connectivity index (χ1n) is 7.02. The fraction of sp³-hybridized carbons (Fsp3) is 0.333. The minimum absolute atomic E-state index is 0.0668. The predicted octanol–water partition coefficient (Wildman–Crippen LogP) is 2.86. The molecular formula is C15H17N5OS2. The van der Waals surface area contributed by atoms with Gasteiger partial charge >= 0.3 is 0 Å². The quantitative estimate of drug-likeness (QED) is 0.807. The van der Waals surface area contributed by atoms with Crippen LogP contribution in [0.4, 0.5) is 10.8 Å². The number of thioether (sulfide) groups is 1. The second kappa shape index (κ2) is 7.94. The summed E-state index contributed by atoms with van der Waals surface area (Å²) < 4.78 is 0.660. The lowest BCUT2D eigenvalue weighted by Gasteiger charge is -2.24. The number of aryl methyl sites for hydroxylation is 1. The number of nitrogens with two attached hydrogens (primary N) is 1. The van der Waals surface area contributed by atoms with E-state index in [4.69, 9.17) is 11.0 Å². The van der Waals surface area contributed by atoms with Gasteiger partial charge < -0.3 is 10.6 Å². The van der Waals surface area contributed by atoms with Crippen molar-refractivity contribution in [2.24, 2.45) is 0 Å². The van der Waals surface area contributed by atoms with Crippen LogP contribution in [0.25, 0.3) is 0 Å². The molecule has 0 aliphatic rings. The smallest absolute Gasteiger partial charge is 0.240 e. The molecule has 8 heteroatoms. The highest BCUT2D eigenvalue weighted by Gasteiger charge is 2.24. The Labute approximate surface area is 143 Å². The van der Waals surface area contributed by atoms with Gasteiger partial charge in [-0.15, -0.1) is 10.2 Å². The number of hydrogen-bond donors (Lipinski definition) is 1. The highest BCUT2D eigenvalue weighted by molar-refractivity contribution is 8.02. The zero-order chi connectivity index (χ0) is 16.8. The molecule has 2 aromatic rings. The maximum absolute atomic E-state index is 12.8. The van der Waals surface area contributed by atoms with Crippen LogP contribution >= 0.6 is 23.1 Å². The Morgan fingerprint density at radius 1 is 1.43 bits per heavy atom. The van der Waals surface area contributed by atoms with Crippen LogP contribution in [0.15, 0.2) is 28.6 Å². The lowest BCUT2D eigenvalue weighted by atomic mass is 10.2. The van der Waals surface area contributed by atoms with Crippen LogP contribution in [-0.2, 0) is 4.79 Å². The summed E-state index contributed by atoms with van der Waals surface area (Å²) in [5.74, 6) is -0.0668. The second-order valence-corrected chi connectivity index (χ2v) is 7.50. The Bertz CT molecular complexity index is 707. The van der Waals surface area contributed by atoms with Crippen molar-refractivity contribution in [3.8, 4) is 6.07 Å². The molecule has 1 unspecified atom stereocenters. The van der Waals surface area contributed by atoms with Gasteiger partial charge in [0, 0.05) is 12.2 Å². The monoisotopic (exact) mass is 347 g/mol. The van der Waals surface area contributed by atoms with E-state index in [1.54, 1.807) is 4.90 Å². The van der Waals surface area contributed by atoms with Crippen molar-refractivity contribution in [3.05, 3.63) is 29.8 Å². The summed E-state index contributed by atoms with van der Waals surface area (Å²) in [6.45, 7) is 4.17. The number of nitrogen functional groups attached to an aromatic ring is 1. The molecule has 0 saturated heterocycles. The lowest BCUT2D eigenvalue weighted by Crippen LogP contribution is -2.37. The minimum atomic E-state index is -0.345. The van der Waals surface area contributed by atoms with E-state index in [2.05, 4.69) is 16.3 Å². The zero-order valence-corrected chi connectivity index (χ0v) is 14.5. The van der Waals surface area contributed by atoms with Crippen LogP contribution in [0.3, 0.4) is 0 Å². The fourth-order valence-electron chi connectivity index (χ4n) is 1.94. The maximum atomic E-state index is 12.8. The Kier molecular flexibility index (Phi) is 5.96. The predicted molar refractivity (Wildman–Crippen MR) is 93.4 cm³/mol. The second-order valence-electron chi connectivity index (χ2n) is 4.90. The summed E-state index contributed by atoms with van der Waals surface area (Å²) in [5, 5.41) is 16.6. The van der Waals surface area contributed by atoms with Crippen molar-refractivity contribution < 1.29 is 4.79 Å². The molecule has 1 atom stereocenters. The van der Waals surface area contributed by atoms with Gasteiger partial charge in [-0.05, 0) is 26.0 Å². The van der Waals surface area contributed by atoms with Gasteiger partial charge in [-0.2, -0.15) is 5.26 Å². The summed E-state index contributed by atoms with van der Waals surface area (Å²) in [4.78, 5) is 14.4. The van der Waals surface area contributed by atoms with E-state index in [1.165, 1.54) is 23.1 Å². The van der Waals surface area contributed by atoms with Crippen molar-refractivity contribution in [1.29, 1.82) is 5.26 Å². The first-order chi connectivity index (χ1) is 11.0. The topological polar surface area (TPSA) is 95.9 Å². The van der Waals surface area contributed by atoms with Gasteiger partial charge in [0.15, 0.2) is 4.34 Å². The van der Waals surface area contributed by atoms with E-state index in [-0.39, 0.29) is 17.6 Å². The first kappa shape index (κ1) is 17.2. The maximum Gasteiger partial charge on any atom is 0.240 e. The minimum Gasteiger partial charge on any atom is -0.374 e. The molecule has 1 aromatic carbocycles. The molecule has 0 aliphatic carbocycles. The fourth-order valence-corrected chi connectivity index (χ4v) is 3.78. The molecule has 0 aliphatic heterocycles. The molecule has 2 N–H and O–H groups in total. The Morgan fingerprint density at radius 2 is 2.13 bits per heavy atom. The van der Waals surface area contributed by atoms with Crippen LogP contribution < -0.4 is 10.6 Å². The van der Waals surface area contributed by atoms with Crippen molar-refractivity contribution in [3.63, 3.8) is 0 Å². The van der Waals surface area contributed by atoms with E-state index in [0.29, 0.717) is 16.0 Å². The zero-order valence-electron chi connectivity index (χ0n) is 12.9. The van der Waals surface area contributed by atoms with Crippen LogP contribution in [0.5, 0.6) is 0 Å². The molecule has 120 valence electrons. The number of amides is 1. The van der Waals surface area contributed by atoms with Gasteiger partial charge in [-0.1, -0.05) is 40.8 Å². The average Bonchev–Trinajstić information content (AvgIpc) is 2.94. The van der Waals surface area contributed by atoms with E-state index in [1.807, 2.05) is 38.1 Å². The van der Waals surface area contributed by atoms with Gasteiger partial charge in [-0.25, -0.2) is 0 Å². The number of nitriles is 1. The van der Waals surface area contributed by atoms with E-state index >= 15 is 0 Å². The largest absolute Gasteiger partial charge is 0.374 e. The summed E-state index contributed by atoms with van der Waals surface area (Å²) in [5.41, 5.74) is 7.47. The number of carbonyl (C=O) groups excluding carboxylic acids is 1. The van der Waals surface area contributed by atoms with Crippen LogP contribution in [0.2, 0.25) is 0 Å². The molecule has 6 nitrogen and oxygen atoms in total. The number of aromatic nitrogens is 2. The molecule has 0 fully saturated rings. The third kappa shape index (κ3) is 4.68. The van der Waals surface area contributed by atoms with Crippen molar-refractivity contribution in [1.82, 2.24) is 10.2 Å². The van der Waals surface area contributed by atoms with Gasteiger partial charge in [-0.3, -0.25) is 4.79 Å². The Hall–Kier alpha value is -2.11. The third-order valence-corrected chi connectivity index (χ3v) is 5.03. The van der Waals surface area contributed by atoms with Crippen LogP contribution in [-0.4, -0.2) is 27.9 Å². The summed E-state index contributed by atoms with van der Waals surface area (Å²) >= 11 is 2.58. The normalized spacial score (nSPS) is 11.7. The standard InChI is InChI=1S/C15H17N5OS2/c1-10-4-6-12(7-5-10)20(9-3-8-16)13(21)11(2)22-15-19-18-14(17)23-15/h4-7,11H,3,9H2,1-2H3,(H2,17,18). The molecule has 1 heterocycles. The number of benzene rings is 1. The summed E-state index contributed by atoms with van der Waals surface area (Å²) in [6, 6.07) is 9.78. The number of anilines is 2. The van der Waals surface area contributed by atoms with Gasteiger partial charge in [0.05, 0.1) is 17.7 Å².